The maximum atomic E-state index is 12.7. The summed E-state index contributed by atoms with van der Waals surface area (Å²) in [6.07, 6.45) is -4.30. The van der Waals surface area contributed by atoms with Gasteiger partial charge in [0.15, 0.2) is 0 Å². The topological polar surface area (TPSA) is 64.4 Å². The van der Waals surface area contributed by atoms with E-state index in [0.29, 0.717) is 0 Å². The minimum absolute atomic E-state index is 0. The maximum absolute atomic E-state index is 12.7. The molecule has 1 amide bonds. The maximum Gasteiger partial charge on any atom is 0.419 e. The summed E-state index contributed by atoms with van der Waals surface area (Å²) < 4.78 is 43.0. The van der Waals surface area contributed by atoms with Gasteiger partial charge in [0.25, 0.3) is 0 Å². The summed E-state index contributed by atoms with van der Waals surface area (Å²) in [7, 11) is 0. The lowest BCUT2D eigenvalue weighted by Crippen LogP contribution is -2.32. The summed E-state index contributed by atoms with van der Waals surface area (Å²) in [4.78, 5) is 11.3. The van der Waals surface area contributed by atoms with Gasteiger partial charge in [0.05, 0.1) is 12.1 Å². The van der Waals surface area contributed by atoms with Crippen molar-refractivity contribution < 1.29 is 22.7 Å². The van der Waals surface area contributed by atoms with Crippen LogP contribution in [0, 0.1) is 0 Å². The molecular formula is C13H18ClF3N2O2. The fraction of sp³-hybridized carbons (Fsp3) is 0.462. The number of ether oxygens (including phenoxy) is 1. The predicted octanol–water partition coefficient (Wildman–Crippen LogP) is 2.36. The number of hydrogen-bond donors (Lipinski definition) is 2. The predicted molar refractivity (Wildman–Crippen MR) is 75.5 cm³/mol. The van der Waals surface area contributed by atoms with E-state index in [1.165, 1.54) is 18.2 Å². The Hall–Kier alpha value is -1.47. The van der Waals surface area contributed by atoms with Crippen LogP contribution in [0.25, 0.3) is 0 Å². The van der Waals surface area contributed by atoms with Crippen LogP contribution in [0.5, 0.6) is 5.75 Å². The Morgan fingerprint density at radius 3 is 2.57 bits per heavy atom. The second-order valence-electron chi connectivity index (χ2n) is 4.37. The number of benzene rings is 1. The van der Waals surface area contributed by atoms with Gasteiger partial charge in [-0.3, -0.25) is 4.79 Å². The number of halogens is 4. The first-order chi connectivity index (χ1) is 9.30. The Balaban J connectivity index is 0.00000400. The number of para-hydroxylation sites is 1. The first-order valence-electron chi connectivity index (χ1n) is 6.12. The van der Waals surface area contributed by atoms with Crippen molar-refractivity contribution >= 4 is 18.3 Å². The van der Waals surface area contributed by atoms with E-state index in [0.717, 1.165) is 6.07 Å². The third-order valence-electron chi connectivity index (χ3n) is 2.38. The van der Waals surface area contributed by atoms with Crippen molar-refractivity contribution in [1.82, 2.24) is 5.32 Å². The summed E-state index contributed by atoms with van der Waals surface area (Å²) in [6, 6.07) is 4.68. The molecule has 0 spiro atoms. The van der Waals surface area contributed by atoms with Crippen molar-refractivity contribution in [2.75, 3.05) is 13.2 Å². The molecule has 8 heteroatoms. The number of amides is 1. The number of carbonyl (C=O) groups excluding carboxylic acids is 1. The summed E-state index contributed by atoms with van der Waals surface area (Å²) in [6.45, 7) is 1.77. The Bertz CT molecular complexity index is 453. The highest BCUT2D eigenvalue weighted by Crippen LogP contribution is 2.35. The zero-order valence-corrected chi connectivity index (χ0v) is 12.3. The normalized spacial score (nSPS) is 12.2. The lowest BCUT2D eigenvalue weighted by atomic mass is 10.2. The molecule has 120 valence electrons. The quantitative estimate of drug-likeness (QED) is 0.789. The van der Waals surface area contributed by atoms with Crippen molar-refractivity contribution in [3.05, 3.63) is 29.8 Å². The van der Waals surface area contributed by atoms with Gasteiger partial charge in [-0.1, -0.05) is 12.1 Å². The average Bonchev–Trinajstić information content (AvgIpc) is 2.33. The first-order valence-corrected chi connectivity index (χ1v) is 6.12. The number of nitrogens with two attached hydrogens (primary N) is 1. The van der Waals surface area contributed by atoms with Gasteiger partial charge in [-0.15, -0.1) is 12.4 Å². The summed E-state index contributed by atoms with van der Waals surface area (Å²) in [5, 5.41) is 2.52. The average molecular weight is 327 g/mol. The van der Waals surface area contributed by atoms with Crippen molar-refractivity contribution in [2.24, 2.45) is 5.73 Å². The lowest BCUT2D eigenvalue weighted by Gasteiger charge is -2.14. The van der Waals surface area contributed by atoms with Gasteiger partial charge in [-0.05, 0) is 19.1 Å². The third-order valence-corrected chi connectivity index (χ3v) is 2.38. The van der Waals surface area contributed by atoms with Crippen LogP contribution >= 0.6 is 12.4 Å². The number of hydrogen-bond acceptors (Lipinski definition) is 3. The molecule has 1 unspecified atom stereocenters. The van der Waals surface area contributed by atoms with E-state index >= 15 is 0 Å². The van der Waals surface area contributed by atoms with E-state index < -0.39 is 11.7 Å². The highest BCUT2D eigenvalue weighted by atomic mass is 35.5. The van der Waals surface area contributed by atoms with Gasteiger partial charge in [-0.25, -0.2) is 0 Å². The van der Waals surface area contributed by atoms with Crippen LogP contribution in [0.2, 0.25) is 0 Å². The SMILES string of the molecule is CC(N)CC(=O)NCCOc1ccccc1C(F)(F)F.Cl. The van der Waals surface area contributed by atoms with E-state index in [4.69, 9.17) is 10.5 Å². The molecule has 0 aliphatic carbocycles. The molecule has 4 nitrogen and oxygen atoms in total. The smallest absolute Gasteiger partial charge is 0.419 e. The summed E-state index contributed by atoms with van der Waals surface area (Å²) in [5.74, 6) is -0.505. The Kier molecular flexibility index (Phi) is 8.12. The summed E-state index contributed by atoms with van der Waals surface area (Å²) >= 11 is 0. The van der Waals surface area contributed by atoms with E-state index in [2.05, 4.69) is 5.32 Å². The molecule has 0 fully saturated rings. The molecule has 1 rings (SSSR count). The molecule has 0 heterocycles. The lowest BCUT2D eigenvalue weighted by molar-refractivity contribution is -0.139. The number of nitrogens with one attached hydrogen (secondary N) is 1. The molecule has 1 aromatic rings. The molecule has 1 aromatic carbocycles. The Morgan fingerprint density at radius 1 is 1.38 bits per heavy atom. The third kappa shape index (κ3) is 7.19. The molecule has 21 heavy (non-hydrogen) atoms. The molecular weight excluding hydrogens is 309 g/mol. The number of alkyl halides is 3. The largest absolute Gasteiger partial charge is 0.491 e. The van der Waals surface area contributed by atoms with Crippen LogP contribution in [0.1, 0.15) is 18.9 Å². The van der Waals surface area contributed by atoms with Gasteiger partial charge in [0.2, 0.25) is 5.91 Å². The fourth-order valence-electron chi connectivity index (χ4n) is 1.54. The second kappa shape index (κ2) is 8.74. The van der Waals surface area contributed by atoms with Crippen molar-refractivity contribution in [1.29, 1.82) is 0 Å². The molecule has 0 bridgehead atoms. The van der Waals surface area contributed by atoms with Crippen LogP contribution in [-0.2, 0) is 11.0 Å². The number of rotatable bonds is 6. The molecule has 0 saturated heterocycles. The van der Waals surface area contributed by atoms with E-state index in [9.17, 15) is 18.0 Å². The Labute approximate surface area is 127 Å². The van der Waals surface area contributed by atoms with E-state index in [1.54, 1.807) is 6.92 Å². The molecule has 3 N–H and O–H groups in total. The zero-order chi connectivity index (χ0) is 15.2. The number of carbonyl (C=O) groups is 1. The minimum Gasteiger partial charge on any atom is -0.491 e. The monoisotopic (exact) mass is 326 g/mol. The highest BCUT2D eigenvalue weighted by molar-refractivity contribution is 5.85. The molecule has 0 radical (unpaired) electrons. The molecule has 0 saturated carbocycles. The second-order valence-corrected chi connectivity index (χ2v) is 4.37. The zero-order valence-electron chi connectivity index (χ0n) is 11.4. The fourth-order valence-corrected chi connectivity index (χ4v) is 1.54. The van der Waals surface area contributed by atoms with E-state index in [1.807, 2.05) is 0 Å². The first kappa shape index (κ1) is 19.5. The standard InChI is InChI=1S/C13H17F3N2O2.ClH/c1-9(17)8-12(19)18-6-7-20-11-5-3-2-4-10(11)13(14,15)16;/h2-5,9H,6-8,17H2,1H3,(H,18,19);1H. The molecule has 0 aliphatic rings. The Morgan fingerprint density at radius 2 is 2.00 bits per heavy atom. The van der Waals surface area contributed by atoms with Gasteiger partial charge in [-0.2, -0.15) is 13.2 Å². The minimum atomic E-state index is -4.46. The van der Waals surface area contributed by atoms with Gasteiger partial charge >= 0.3 is 6.18 Å². The van der Waals surface area contributed by atoms with Gasteiger partial charge in [0, 0.05) is 12.5 Å². The van der Waals surface area contributed by atoms with Crippen LogP contribution in [0.3, 0.4) is 0 Å². The summed E-state index contributed by atoms with van der Waals surface area (Å²) in [5.41, 5.74) is 4.61. The van der Waals surface area contributed by atoms with Crippen molar-refractivity contribution in [3.63, 3.8) is 0 Å². The van der Waals surface area contributed by atoms with Crippen LogP contribution in [0.15, 0.2) is 24.3 Å². The van der Waals surface area contributed by atoms with Crippen LogP contribution < -0.4 is 15.8 Å². The van der Waals surface area contributed by atoms with Gasteiger partial charge in [0.1, 0.15) is 12.4 Å². The highest BCUT2D eigenvalue weighted by Gasteiger charge is 2.33. The van der Waals surface area contributed by atoms with E-state index in [-0.39, 0.29) is 49.7 Å². The van der Waals surface area contributed by atoms with Gasteiger partial charge < -0.3 is 15.8 Å². The molecule has 1 atom stereocenters. The van der Waals surface area contributed by atoms with Crippen LogP contribution in [-0.4, -0.2) is 25.1 Å². The van der Waals surface area contributed by atoms with Crippen molar-refractivity contribution in [3.8, 4) is 5.75 Å². The van der Waals surface area contributed by atoms with Crippen LogP contribution in [0.4, 0.5) is 13.2 Å². The molecule has 0 aromatic heterocycles. The molecule has 0 aliphatic heterocycles. The van der Waals surface area contributed by atoms with Crippen molar-refractivity contribution in [2.45, 2.75) is 25.6 Å².